The number of nitrogens with zero attached hydrogens (tertiary/aromatic N) is 4. The van der Waals surface area contributed by atoms with Crippen LogP contribution in [0.2, 0.25) is 0 Å². The van der Waals surface area contributed by atoms with E-state index in [9.17, 15) is 4.79 Å². The number of hydrogen-bond donors (Lipinski definition) is 1. The molecule has 3 aromatic heterocycles. The number of aryl methyl sites for hydroxylation is 1. The van der Waals surface area contributed by atoms with E-state index in [0.29, 0.717) is 17.8 Å². The summed E-state index contributed by atoms with van der Waals surface area (Å²) in [7, 11) is 0. The number of hydrogen-bond acceptors (Lipinski definition) is 5. The van der Waals surface area contributed by atoms with Gasteiger partial charge in [-0.05, 0) is 36.8 Å². The van der Waals surface area contributed by atoms with Crippen molar-refractivity contribution in [2.75, 3.05) is 0 Å². The molecule has 0 radical (unpaired) electrons. The average molecular weight is 347 g/mol. The van der Waals surface area contributed by atoms with Gasteiger partial charge in [0.25, 0.3) is 0 Å². The van der Waals surface area contributed by atoms with E-state index in [2.05, 4.69) is 20.4 Å². The molecule has 0 aliphatic rings. The van der Waals surface area contributed by atoms with Gasteiger partial charge >= 0.3 is 0 Å². The maximum absolute atomic E-state index is 12.3. The zero-order chi connectivity index (χ0) is 17.9. The number of rotatable bonds is 5. The van der Waals surface area contributed by atoms with Gasteiger partial charge in [0.1, 0.15) is 17.3 Å². The molecule has 7 heteroatoms. The van der Waals surface area contributed by atoms with Crippen molar-refractivity contribution >= 4 is 16.9 Å². The predicted molar refractivity (Wildman–Crippen MR) is 95.7 cm³/mol. The van der Waals surface area contributed by atoms with Crippen molar-refractivity contribution < 1.29 is 9.32 Å². The third-order valence-electron chi connectivity index (χ3n) is 4.15. The van der Waals surface area contributed by atoms with E-state index in [1.165, 1.54) is 0 Å². The van der Waals surface area contributed by atoms with E-state index in [1.54, 1.807) is 12.4 Å². The van der Waals surface area contributed by atoms with E-state index in [0.717, 1.165) is 22.6 Å². The van der Waals surface area contributed by atoms with Gasteiger partial charge in [-0.2, -0.15) is 0 Å². The topological polar surface area (TPSA) is 85.8 Å². The first-order valence-corrected chi connectivity index (χ1v) is 8.26. The minimum Gasteiger partial charge on any atom is -0.356 e. The third kappa shape index (κ3) is 3.19. The first kappa shape index (κ1) is 16.0. The van der Waals surface area contributed by atoms with Crippen LogP contribution < -0.4 is 5.32 Å². The Bertz CT molecular complexity index is 1070. The molecule has 0 saturated carbocycles. The van der Waals surface area contributed by atoms with Crippen LogP contribution in [0.5, 0.6) is 0 Å². The van der Waals surface area contributed by atoms with Gasteiger partial charge in [0.15, 0.2) is 5.58 Å². The Morgan fingerprint density at radius 1 is 1.19 bits per heavy atom. The normalized spacial score (nSPS) is 11.0. The molecule has 130 valence electrons. The van der Waals surface area contributed by atoms with Crippen LogP contribution in [0.25, 0.3) is 16.8 Å². The van der Waals surface area contributed by atoms with E-state index in [1.807, 2.05) is 54.1 Å². The molecule has 0 aliphatic carbocycles. The van der Waals surface area contributed by atoms with E-state index >= 15 is 0 Å². The van der Waals surface area contributed by atoms with E-state index in [4.69, 9.17) is 4.52 Å². The minimum absolute atomic E-state index is 0.110. The number of aromatic nitrogens is 4. The number of nitrogens with one attached hydrogen (secondary N) is 1. The smallest absolute Gasteiger partial charge is 0.226 e. The summed E-state index contributed by atoms with van der Waals surface area (Å²) < 4.78 is 7.13. The van der Waals surface area contributed by atoms with Crippen LogP contribution in [0.15, 0.2) is 59.5 Å². The fourth-order valence-corrected chi connectivity index (χ4v) is 2.80. The molecular weight excluding hydrogens is 330 g/mol. The molecule has 1 aromatic carbocycles. The van der Waals surface area contributed by atoms with Crippen LogP contribution in [0.1, 0.15) is 17.1 Å². The zero-order valence-electron chi connectivity index (χ0n) is 14.2. The molecule has 1 N–H and O–H groups in total. The summed E-state index contributed by atoms with van der Waals surface area (Å²) in [6.07, 6.45) is 5.49. The zero-order valence-corrected chi connectivity index (χ0v) is 14.2. The summed E-state index contributed by atoms with van der Waals surface area (Å²) in [6, 6.07) is 11.3. The lowest BCUT2D eigenvalue weighted by Gasteiger charge is -2.08. The van der Waals surface area contributed by atoms with Gasteiger partial charge in [0.2, 0.25) is 5.91 Å². The first-order valence-electron chi connectivity index (χ1n) is 8.26. The summed E-state index contributed by atoms with van der Waals surface area (Å²) >= 11 is 0. The summed E-state index contributed by atoms with van der Waals surface area (Å²) in [4.78, 5) is 20.8. The molecule has 0 fully saturated rings. The third-order valence-corrected chi connectivity index (χ3v) is 4.15. The van der Waals surface area contributed by atoms with Crippen LogP contribution in [-0.2, 0) is 17.8 Å². The van der Waals surface area contributed by atoms with E-state index in [-0.39, 0.29) is 12.3 Å². The molecular formula is C19H17N5O2. The fourth-order valence-electron chi connectivity index (χ4n) is 2.80. The van der Waals surface area contributed by atoms with Crippen molar-refractivity contribution in [3.8, 4) is 5.82 Å². The molecule has 0 unspecified atom stereocenters. The molecule has 26 heavy (non-hydrogen) atoms. The van der Waals surface area contributed by atoms with Crippen molar-refractivity contribution in [2.45, 2.75) is 19.9 Å². The highest BCUT2D eigenvalue weighted by Crippen LogP contribution is 2.18. The Morgan fingerprint density at radius 2 is 2.08 bits per heavy atom. The summed E-state index contributed by atoms with van der Waals surface area (Å²) in [5, 5.41) is 7.77. The quantitative estimate of drug-likeness (QED) is 0.600. The average Bonchev–Trinajstić information content (AvgIpc) is 3.27. The van der Waals surface area contributed by atoms with Crippen LogP contribution in [0.4, 0.5) is 0 Å². The van der Waals surface area contributed by atoms with Crippen molar-refractivity contribution in [1.29, 1.82) is 0 Å². The highest BCUT2D eigenvalue weighted by atomic mass is 16.5. The fraction of sp³-hybridized carbons (Fsp3) is 0.158. The number of imidazole rings is 1. The van der Waals surface area contributed by atoms with E-state index < -0.39 is 0 Å². The number of amides is 1. The predicted octanol–water partition coefficient (Wildman–Crippen LogP) is 2.58. The second-order valence-corrected chi connectivity index (χ2v) is 5.95. The SMILES string of the molecule is Cc1nccn1-c1cc(CNC(=O)Cc2noc3ccccc23)ccn1. The Kier molecular flexibility index (Phi) is 4.18. The number of carbonyl (C=O) groups excluding carboxylic acids is 1. The van der Waals surface area contributed by atoms with Gasteiger partial charge in [-0.15, -0.1) is 0 Å². The molecule has 3 heterocycles. The molecule has 0 spiro atoms. The lowest BCUT2D eigenvalue weighted by atomic mass is 10.1. The van der Waals surface area contributed by atoms with Crippen molar-refractivity contribution in [1.82, 2.24) is 25.0 Å². The molecule has 4 rings (SSSR count). The van der Waals surface area contributed by atoms with Gasteiger partial charge in [0.05, 0.1) is 6.42 Å². The molecule has 0 atom stereocenters. The minimum atomic E-state index is -0.110. The van der Waals surface area contributed by atoms with Gasteiger partial charge in [0, 0.05) is 30.5 Å². The highest BCUT2D eigenvalue weighted by Gasteiger charge is 2.12. The van der Waals surface area contributed by atoms with Gasteiger partial charge in [-0.3, -0.25) is 9.36 Å². The van der Waals surface area contributed by atoms with Crippen molar-refractivity contribution in [3.63, 3.8) is 0 Å². The number of para-hydroxylation sites is 1. The summed E-state index contributed by atoms with van der Waals surface area (Å²) in [5.74, 6) is 1.52. The number of fused-ring (bicyclic) bond motifs is 1. The Morgan fingerprint density at radius 3 is 2.92 bits per heavy atom. The second kappa shape index (κ2) is 6.79. The highest BCUT2D eigenvalue weighted by molar-refractivity contribution is 5.86. The summed E-state index contributed by atoms with van der Waals surface area (Å²) in [6.45, 7) is 2.33. The molecule has 4 aromatic rings. The number of carbonyl (C=O) groups is 1. The standard InChI is InChI=1S/C19H17N5O2/c1-13-20-8-9-24(13)18-10-14(6-7-21-18)12-22-19(25)11-16-15-4-2-3-5-17(15)26-23-16/h2-10H,11-12H2,1H3,(H,22,25). The number of benzene rings is 1. The number of pyridine rings is 1. The molecule has 0 bridgehead atoms. The summed E-state index contributed by atoms with van der Waals surface area (Å²) in [5.41, 5.74) is 2.29. The molecule has 0 aliphatic heterocycles. The Balaban J connectivity index is 1.42. The van der Waals surface area contributed by atoms with Gasteiger partial charge < -0.3 is 9.84 Å². The monoisotopic (exact) mass is 347 g/mol. The van der Waals surface area contributed by atoms with Crippen LogP contribution in [0, 0.1) is 6.92 Å². The lowest BCUT2D eigenvalue weighted by Crippen LogP contribution is -2.24. The molecule has 1 amide bonds. The van der Waals surface area contributed by atoms with Crippen LogP contribution in [0.3, 0.4) is 0 Å². The molecule has 7 nitrogen and oxygen atoms in total. The first-order chi connectivity index (χ1) is 12.7. The maximum Gasteiger partial charge on any atom is 0.226 e. The Labute approximate surface area is 149 Å². The second-order valence-electron chi connectivity index (χ2n) is 5.95. The van der Waals surface area contributed by atoms with Crippen LogP contribution >= 0.6 is 0 Å². The van der Waals surface area contributed by atoms with Crippen molar-refractivity contribution in [3.05, 3.63) is 72.1 Å². The van der Waals surface area contributed by atoms with Gasteiger partial charge in [-0.25, -0.2) is 9.97 Å². The van der Waals surface area contributed by atoms with Crippen LogP contribution in [-0.4, -0.2) is 25.6 Å². The van der Waals surface area contributed by atoms with Crippen molar-refractivity contribution in [2.24, 2.45) is 0 Å². The Hall–Kier alpha value is -3.48. The maximum atomic E-state index is 12.3. The lowest BCUT2D eigenvalue weighted by molar-refractivity contribution is -0.120. The molecule has 0 saturated heterocycles. The van der Waals surface area contributed by atoms with Gasteiger partial charge in [-0.1, -0.05) is 17.3 Å². The largest absolute Gasteiger partial charge is 0.356 e.